The molecular formula is C40H33N3O4. The Labute approximate surface area is 273 Å². The Balaban J connectivity index is 1.41. The van der Waals surface area contributed by atoms with E-state index in [-0.39, 0.29) is 18.9 Å². The first-order valence-corrected chi connectivity index (χ1v) is 15.6. The summed E-state index contributed by atoms with van der Waals surface area (Å²) in [5.74, 6) is -1.37. The minimum Gasteiger partial charge on any atom is -0.480 e. The van der Waals surface area contributed by atoms with E-state index in [0.29, 0.717) is 5.69 Å². The average Bonchev–Trinajstić information content (AvgIpc) is 3.76. The monoisotopic (exact) mass is 619 g/mol. The van der Waals surface area contributed by atoms with Crippen LogP contribution in [-0.2, 0) is 21.5 Å². The van der Waals surface area contributed by atoms with Crippen LogP contribution in [-0.4, -0.2) is 44.7 Å². The maximum atomic E-state index is 15.0. The number of aliphatic carboxylic acids is 1. The summed E-state index contributed by atoms with van der Waals surface area (Å²) in [6.07, 6.45) is 2.33. The van der Waals surface area contributed by atoms with Crippen LogP contribution in [0, 0.1) is 0 Å². The Morgan fingerprint density at radius 2 is 1.19 bits per heavy atom. The summed E-state index contributed by atoms with van der Waals surface area (Å²) in [7, 11) is 0. The van der Waals surface area contributed by atoms with E-state index in [0.717, 1.165) is 38.9 Å². The Kier molecular flexibility index (Phi) is 8.11. The van der Waals surface area contributed by atoms with Crippen LogP contribution >= 0.6 is 0 Å². The number of rotatable bonds is 10. The number of ether oxygens (including phenoxy) is 1. The van der Waals surface area contributed by atoms with Gasteiger partial charge in [0.25, 0.3) is 0 Å². The molecule has 0 radical (unpaired) electrons. The molecule has 1 aromatic heterocycles. The number of carbonyl (C=O) groups excluding carboxylic acids is 1. The molecule has 6 aromatic rings. The van der Waals surface area contributed by atoms with E-state index in [1.165, 1.54) is 11.2 Å². The summed E-state index contributed by atoms with van der Waals surface area (Å²) in [5.41, 5.74) is 5.73. The Hall–Kier alpha value is -5.95. The van der Waals surface area contributed by atoms with Gasteiger partial charge < -0.3 is 14.8 Å². The highest BCUT2D eigenvalue weighted by Crippen LogP contribution is 2.47. The number of carboxylic acids is 1. The van der Waals surface area contributed by atoms with Crippen molar-refractivity contribution in [1.82, 2.24) is 14.9 Å². The number of nitrogens with one attached hydrogen (secondary N) is 1. The van der Waals surface area contributed by atoms with Crippen molar-refractivity contribution in [2.75, 3.05) is 6.61 Å². The van der Waals surface area contributed by atoms with Gasteiger partial charge in [0, 0.05) is 24.2 Å². The molecule has 1 heterocycles. The van der Waals surface area contributed by atoms with E-state index in [9.17, 15) is 14.7 Å². The van der Waals surface area contributed by atoms with Crippen LogP contribution in [0.25, 0.3) is 11.1 Å². The second-order valence-corrected chi connectivity index (χ2v) is 11.6. The molecule has 1 amide bonds. The number of fused-ring (bicyclic) bond motifs is 3. The largest absolute Gasteiger partial charge is 0.480 e. The number of aromatic nitrogens is 2. The lowest BCUT2D eigenvalue weighted by Gasteiger charge is -2.47. The number of hydrogen-bond acceptors (Lipinski definition) is 4. The minimum atomic E-state index is -1.38. The Morgan fingerprint density at radius 3 is 1.64 bits per heavy atom. The van der Waals surface area contributed by atoms with E-state index < -0.39 is 23.6 Å². The quantitative estimate of drug-likeness (QED) is 0.154. The standard InChI is InChI=1S/C40H33N3O4/c44-38(45)37(24-31-25-41-27-42-31)43(39(46)47-26-36-34-22-12-10-20-32(34)33-21-11-13-23-35(33)36)40(28-14-4-1-5-15-28,29-16-6-2-7-17-29)30-18-8-3-9-19-30/h1-23,25,27,36-37H,24,26H2,(H,41,42)(H,44,45)/t37-/m1/s1. The fraction of sp³-hybridized carbons (Fsp3) is 0.125. The molecule has 0 saturated carbocycles. The molecule has 7 nitrogen and oxygen atoms in total. The normalized spacial score (nSPS) is 12.9. The SMILES string of the molecule is O=C(O)[C@@H](Cc1cnc[nH]1)N(C(=O)OCC1c2ccccc2-c2ccccc21)C(c1ccccc1)(c1ccccc1)c1ccccc1. The highest BCUT2D eigenvalue weighted by molar-refractivity contribution is 5.83. The molecule has 1 atom stereocenters. The maximum Gasteiger partial charge on any atom is 0.411 e. The number of imidazole rings is 1. The molecular weight excluding hydrogens is 586 g/mol. The molecule has 0 fully saturated rings. The van der Waals surface area contributed by atoms with Crippen molar-refractivity contribution in [1.29, 1.82) is 0 Å². The van der Waals surface area contributed by atoms with Gasteiger partial charge in [-0.25, -0.2) is 14.6 Å². The number of nitrogens with zero attached hydrogens (tertiary/aromatic N) is 2. The van der Waals surface area contributed by atoms with Crippen LogP contribution in [0.3, 0.4) is 0 Å². The van der Waals surface area contributed by atoms with Gasteiger partial charge in [-0.3, -0.25) is 4.90 Å². The van der Waals surface area contributed by atoms with E-state index >= 15 is 0 Å². The maximum absolute atomic E-state index is 15.0. The fourth-order valence-electron chi connectivity index (χ4n) is 7.01. The topological polar surface area (TPSA) is 95.5 Å². The van der Waals surface area contributed by atoms with Crippen LogP contribution in [0.1, 0.15) is 39.4 Å². The molecule has 0 saturated heterocycles. The first-order chi connectivity index (χ1) is 23.1. The summed E-state index contributed by atoms with van der Waals surface area (Å²) in [6, 6.07) is 43.6. The number of benzene rings is 5. The third-order valence-electron chi connectivity index (χ3n) is 9.03. The molecule has 5 aromatic carbocycles. The van der Waals surface area contributed by atoms with Crippen LogP contribution in [0.15, 0.2) is 152 Å². The number of amides is 1. The molecule has 232 valence electrons. The van der Waals surface area contributed by atoms with E-state index in [1.807, 2.05) is 115 Å². The number of carboxylic acid groups (broad SMARTS) is 1. The van der Waals surface area contributed by atoms with Gasteiger partial charge in [-0.2, -0.15) is 0 Å². The molecule has 7 rings (SSSR count). The van der Waals surface area contributed by atoms with Crippen molar-refractivity contribution in [3.05, 3.63) is 186 Å². The predicted molar refractivity (Wildman–Crippen MR) is 180 cm³/mol. The van der Waals surface area contributed by atoms with Gasteiger partial charge in [-0.05, 0) is 38.9 Å². The Bertz CT molecular complexity index is 1840. The summed E-state index contributed by atoms with van der Waals surface area (Å²) in [5, 5.41) is 11.0. The lowest BCUT2D eigenvalue weighted by Crippen LogP contribution is -2.59. The van der Waals surface area contributed by atoms with Crippen molar-refractivity contribution in [2.45, 2.75) is 23.9 Å². The summed E-state index contributed by atoms with van der Waals surface area (Å²) >= 11 is 0. The van der Waals surface area contributed by atoms with Crippen LogP contribution in [0.4, 0.5) is 4.79 Å². The summed E-state index contributed by atoms with van der Waals surface area (Å²) < 4.78 is 6.32. The highest BCUT2D eigenvalue weighted by Gasteiger charge is 2.51. The third kappa shape index (κ3) is 5.36. The smallest absolute Gasteiger partial charge is 0.411 e. The number of hydrogen-bond donors (Lipinski definition) is 2. The van der Waals surface area contributed by atoms with Crippen molar-refractivity contribution < 1.29 is 19.4 Å². The molecule has 0 unspecified atom stereocenters. The van der Waals surface area contributed by atoms with Gasteiger partial charge >= 0.3 is 12.1 Å². The van der Waals surface area contributed by atoms with Gasteiger partial charge in [-0.1, -0.05) is 140 Å². The first-order valence-electron chi connectivity index (χ1n) is 15.6. The van der Waals surface area contributed by atoms with E-state index in [4.69, 9.17) is 4.74 Å². The summed E-state index contributed by atoms with van der Waals surface area (Å²) in [6.45, 7) is 0.0359. The molecule has 1 aliphatic carbocycles. The zero-order chi connectivity index (χ0) is 32.2. The average molecular weight is 620 g/mol. The molecule has 0 aliphatic heterocycles. The van der Waals surface area contributed by atoms with E-state index in [1.54, 1.807) is 6.20 Å². The third-order valence-corrected chi connectivity index (χ3v) is 9.03. The van der Waals surface area contributed by atoms with Gasteiger partial charge in [0.05, 0.1) is 6.33 Å². The van der Waals surface area contributed by atoms with Crippen molar-refractivity contribution in [3.63, 3.8) is 0 Å². The Morgan fingerprint density at radius 1 is 0.723 bits per heavy atom. The molecule has 7 heteroatoms. The van der Waals surface area contributed by atoms with Crippen LogP contribution < -0.4 is 0 Å². The van der Waals surface area contributed by atoms with Crippen molar-refractivity contribution in [3.8, 4) is 11.1 Å². The number of aromatic amines is 1. The minimum absolute atomic E-state index is 0.0201. The number of H-pyrrole nitrogens is 1. The van der Waals surface area contributed by atoms with Gasteiger partial charge in [0.2, 0.25) is 0 Å². The molecule has 0 bridgehead atoms. The molecule has 47 heavy (non-hydrogen) atoms. The zero-order valence-electron chi connectivity index (χ0n) is 25.6. The second-order valence-electron chi connectivity index (χ2n) is 11.6. The first kappa shape index (κ1) is 29.7. The summed E-state index contributed by atoms with van der Waals surface area (Å²) in [4.78, 5) is 37.0. The van der Waals surface area contributed by atoms with Gasteiger partial charge in [0.1, 0.15) is 18.2 Å². The van der Waals surface area contributed by atoms with Crippen molar-refractivity contribution in [2.24, 2.45) is 0 Å². The molecule has 0 spiro atoms. The molecule has 1 aliphatic rings. The van der Waals surface area contributed by atoms with E-state index in [2.05, 4.69) is 34.2 Å². The lowest BCUT2D eigenvalue weighted by atomic mass is 9.74. The van der Waals surface area contributed by atoms with Crippen molar-refractivity contribution >= 4 is 12.1 Å². The van der Waals surface area contributed by atoms with Gasteiger partial charge in [-0.15, -0.1) is 0 Å². The lowest BCUT2D eigenvalue weighted by molar-refractivity contribution is -0.144. The molecule has 2 N–H and O–H groups in total. The van der Waals surface area contributed by atoms with Crippen LogP contribution in [0.5, 0.6) is 0 Å². The number of carbonyl (C=O) groups is 2. The predicted octanol–water partition coefficient (Wildman–Crippen LogP) is 7.65. The van der Waals surface area contributed by atoms with Gasteiger partial charge in [0.15, 0.2) is 0 Å². The second kappa shape index (κ2) is 12.8. The van der Waals surface area contributed by atoms with Crippen LogP contribution in [0.2, 0.25) is 0 Å². The zero-order valence-corrected chi connectivity index (χ0v) is 25.6. The fourth-order valence-corrected chi connectivity index (χ4v) is 7.01. The highest BCUT2D eigenvalue weighted by atomic mass is 16.6.